The summed E-state index contributed by atoms with van der Waals surface area (Å²) in [5.41, 5.74) is 1.11. The zero-order valence-electron chi connectivity index (χ0n) is 19.8. The number of imidazole rings is 1. The van der Waals surface area contributed by atoms with Crippen molar-refractivity contribution in [2.75, 3.05) is 0 Å². The number of aromatic nitrogens is 2. The first-order valence-corrected chi connectivity index (χ1v) is 11.1. The summed E-state index contributed by atoms with van der Waals surface area (Å²) in [5.74, 6) is -0.696. The minimum absolute atomic E-state index is 0.0302. The van der Waals surface area contributed by atoms with Gasteiger partial charge in [0.1, 0.15) is 29.9 Å². The number of rotatable bonds is 8. The Hall–Kier alpha value is -4.19. The van der Waals surface area contributed by atoms with Gasteiger partial charge in [-0.3, -0.25) is 4.79 Å². The fraction of sp³-hybridized carbons (Fsp3) is 0.308. The first kappa shape index (κ1) is 25.4. The number of nitrogens with one attached hydrogen (secondary N) is 2. The van der Waals surface area contributed by atoms with Crippen molar-refractivity contribution >= 4 is 12.1 Å². The standard InChI is InChI=1S/C26H27FN4O4/c1-26(2,3)35-23(32)12-11-21(31-25(33)34-16-17-7-5-4-6-8-17)24-29-15-22(30-24)18-9-10-19(14-28)20(27)13-18/h4-10,13,15,21H,11-12,16H2,1-3H3,(H,29,30)(H,31,33). The summed E-state index contributed by atoms with van der Waals surface area (Å²) in [6.07, 6.45) is 1.05. The third-order valence-corrected chi connectivity index (χ3v) is 4.89. The van der Waals surface area contributed by atoms with Gasteiger partial charge in [0.05, 0.1) is 23.5 Å². The summed E-state index contributed by atoms with van der Waals surface area (Å²) >= 11 is 0. The van der Waals surface area contributed by atoms with Crippen LogP contribution in [0.4, 0.5) is 9.18 Å². The number of carbonyl (C=O) groups is 2. The Morgan fingerprint density at radius 2 is 1.94 bits per heavy atom. The van der Waals surface area contributed by atoms with Gasteiger partial charge < -0.3 is 19.8 Å². The van der Waals surface area contributed by atoms with E-state index in [1.165, 1.54) is 18.3 Å². The molecule has 3 rings (SSSR count). The van der Waals surface area contributed by atoms with E-state index >= 15 is 0 Å². The first-order chi connectivity index (χ1) is 16.6. The summed E-state index contributed by atoms with van der Waals surface area (Å²) < 4.78 is 24.7. The van der Waals surface area contributed by atoms with E-state index in [1.807, 2.05) is 30.3 Å². The molecule has 1 amide bonds. The molecule has 0 fully saturated rings. The van der Waals surface area contributed by atoms with Crippen LogP contribution in [0.3, 0.4) is 0 Å². The van der Waals surface area contributed by atoms with Crippen molar-refractivity contribution in [1.82, 2.24) is 15.3 Å². The molecule has 1 aromatic heterocycles. The summed E-state index contributed by atoms with van der Waals surface area (Å²) in [6.45, 7) is 5.41. The number of carbonyl (C=O) groups excluding carboxylic acids is 2. The van der Waals surface area contributed by atoms with Crippen LogP contribution in [0.2, 0.25) is 0 Å². The van der Waals surface area contributed by atoms with Crippen molar-refractivity contribution in [3.8, 4) is 17.3 Å². The number of H-pyrrole nitrogens is 1. The van der Waals surface area contributed by atoms with Gasteiger partial charge in [0, 0.05) is 12.0 Å². The SMILES string of the molecule is CC(C)(C)OC(=O)CCC(NC(=O)OCc1ccccc1)c1ncc(-c2ccc(C#N)c(F)c2)[nH]1. The van der Waals surface area contributed by atoms with E-state index in [9.17, 15) is 14.0 Å². The predicted octanol–water partition coefficient (Wildman–Crippen LogP) is 5.18. The number of benzene rings is 2. The highest BCUT2D eigenvalue weighted by atomic mass is 19.1. The maximum Gasteiger partial charge on any atom is 0.408 e. The van der Waals surface area contributed by atoms with Crippen LogP contribution in [-0.2, 0) is 20.9 Å². The lowest BCUT2D eigenvalue weighted by Crippen LogP contribution is -2.31. The van der Waals surface area contributed by atoms with Gasteiger partial charge in [-0.25, -0.2) is 14.2 Å². The van der Waals surface area contributed by atoms with E-state index in [0.717, 1.165) is 5.56 Å². The van der Waals surface area contributed by atoms with Gasteiger partial charge in [-0.15, -0.1) is 0 Å². The van der Waals surface area contributed by atoms with Gasteiger partial charge in [0.2, 0.25) is 0 Å². The topological polar surface area (TPSA) is 117 Å². The molecule has 3 aromatic rings. The number of hydrogen-bond acceptors (Lipinski definition) is 6. The smallest absolute Gasteiger partial charge is 0.408 e. The minimum atomic E-state index is -0.692. The van der Waals surface area contributed by atoms with E-state index in [0.29, 0.717) is 17.1 Å². The van der Waals surface area contributed by atoms with Gasteiger partial charge in [-0.2, -0.15) is 5.26 Å². The average molecular weight is 479 g/mol. The summed E-state index contributed by atoms with van der Waals surface area (Å²) in [6, 6.07) is 14.5. The number of hydrogen-bond donors (Lipinski definition) is 2. The number of aromatic amines is 1. The zero-order valence-corrected chi connectivity index (χ0v) is 19.8. The number of halogens is 1. The largest absolute Gasteiger partial charge is 0.460 e. The Morgan fingerprint density at radius 3 is 2.60 bits per heavy atom. The summed E-state index contributed by atoms with van der Waals surface area (Å²) in [5, 5.41) is 11.7. The van der Waals surface area contributed by atoms with Crippen molar-refractivity contribution in [2.24, 2.45) is 0 Å². The van der Waals surface area contributed by atoms with Gasteiger partial charge in [-0.1, -0.05) is 36.4 Å². The van der Waals surface area contributed by atoms with E-state index in [4.69, 9.17) is 14.7 Å². The second-order valence-electron chi connectivity index (χ2n) is 8.87. The molecule has 35 heavy (non-hydrogen) atoms. The molecule has 2 N–H and O–H groups in total. The minimum Gasteiger partial charge on any atom is -0.460 e. The Balaban J connectivity index is 1.74. The highest BCUT2D eigenvalue weighted by molar-refractivity contribution is 5.71. The molecule has 0 saturated heterocycles. The molecule has 0 saturated carbocycles. The third-order valence-electron chi connectivity index (χ3n) is 4.89. The van der Waals surface area contributed by atoms with Gasteiger partial charge in [0.15, 0.2) is 0 Å². The number of nitrogens with zero attached hydrogens (tertiary/aromatic N) is 2. The fourth-order valence-corrected chi connectivity index (χ4v) is 3.27. The molecule has 0 spiro atoms. The third kappa shape index (κ3) is 7.67. The number of nitriles is 1. The molecular formula is C26H27FN4O4. The van der Waals surface area contributed by atoms with Crippen LogP contribution in [0.1, 0.15) is 56.6 Å². The molecule has 2 aromatic carbocycles. The Morgan fingerprint density at radius 1 is 1.20 bits per heavy atom. The molecule has 0 aliphatic heterocycles. The van der Waals surface area contributed by atoms with Crippen LogP contribution < -0.4 is 5.32 Å². The molecule has 1 unspecified atom stereocenters. The number of alkyl carbamates (subject to hydrolysis) is 1. The molecule has 9 heteroatoms. The molecule has 8 nitrogen and oxygen atoms in total. The van der Waals surface area contributed by atoms with Gasteiger partial charge >= 0.3 is 12.1 Å². The van der Waals surface area contributed by atoms with E-state index in [1.54, 1.807) is 32.9 Å². The van der Waals surface area contributed by atoms with Crippen LogP contribution in [0.25, 0.3) is 11.3 Å². The highest BCUT2D eigenvalue weighted by Crippen LogP contribution is 2.24. The number of esters is 1. The van der Waals surface area contributed by atoms with Crippen LogP contribution >= 0.6 is 0 Å². The number of ether oxygens (including phenoxy) is 2. The number of amides is 1. The maximum absolute atomic E-state index is 14.1. The molecule has 182 valence electrons. The molecule has 0 radical (unpaired) electrons. The molecule has 0 bridgehead atoms. The van der Waals surface area contributed by atoms with E-state index in [2.05, 4.69) is 15.3 Å². The van der Waals surface area contributed by atoms with Crippen molar-refractivity contribution < 1.29 is 23.5 Å². The molecule has 1 atom stereocenters. The van der Waals surface area contributed by atoms with Gasteiger partial charge in [-0.05, 0) is 44.9 Å². The molecule has 0 aliphatic rings. The van der Waals surface area contributed by atoms with Crippen molar-refractivity contribution in [2.45, 2.75) is 51.9 Å². The average Bonchev–Trinajstić information content (AvgIpc) is 3.30. The van der Waals surface area contributed by atoms with Crippen molar-refractivity contribution in [3.63, 3.8) is 0 Å². The van der Waals surface area contributed by atoms with Crippen LogP contribution in [0, 0.1) is 17.1 Å². The van der Waals surface area contributed by atoms with Crippen LogP contribution in [0.15, 0.2) is 54.7 Å². The van der Waals surface area contributed by atoms with Gasteiger partial charge in [0.25, 0.3) is 0 Å². The molecule has 1 heterocycles. The second-order valence-corrected chi connectivity index (χ2v) is 8.87. The first-order valence-electron chi connectivity index (χ1n) is 11.1. The van der Waals surface area contributed by atoms with E-state index < -0.39 is 29.5 Å². The maximum atomic E-state index is 14.1. The summed E-state index contributed by atoms with van der Waals surface area (Å²) in [4.78, 5) is 32.1. The van der Waals surface area contributed by atoms with E-state index in [-0.39, 0.29) is 25.0 Å². The second kappa shape index (κ2) is 11.3. The Bertz CT molecular complexity index is 1210. The van der Waals surface area contributed by atoms with Crippen LogP contribution in [0.5, 0.6) is 0 Å². The molecular weight excluding hydrogens is 451 g/mol. The van der Waals surface area contributed by atoms with Crippen molar-refractivity contribution in [1.29, 1.82) is 5.26 Å². The van der Waals surface area contributed by atoms with Crippen LogP contribution in [-0.4, -0.2) is 27.6 Å². The monoisotopic (exact) mass is 478 g/mol. The summed E-state index contributed by atoms with van der Waals surface area (Å²) in [7, 11) is 0. The lowest BCUT2D eigenvalue weighted by atomic mass is 10.1. The Kier molecular flexibility index (Phi) is 8.21. The quantitative estimate of drug-likeness (QED) is 0.431. The Labute approximate surface area is 203 Å². The zero-order chi connectivity index (χ0) is 25.4. The lowest BCUT2D eigenvalue weighted by Gasteiger charge is -2.21. The lowest BCUT2D eigenvalue weighted by molar-refractivity contribution is -0.155. The molecule has 0 aliphatic carbocycles. The van der Waals surface area contributed by atoms with Crippen molar-refractivity contribution in [3.05, 3.63) is 77.5 Å². The highest BCUT2D eigenvalue weighted by Gasteiger charge is 2.23. The predicted molar refractivity (Wildman–Crippen MR) is 126 cm³/mol. The normalized spacial score (nSPS) is 11.9. The fourth-order valence-electron chi connectivity index (χ4n) is 3.27.